The zero-order chi connectivity index (χ0) is 14.1. The Hall–Kier alpha value is -2.18. The summed E-state index contributed by atoms with van der Waals surface area (Å²) in [6.45, 7) is 2.26. The third-order valence-corrected chi connectivity index (χ3v) is 3.82. The average Bonchev–Trinajstić information content (AvgIpc) is 2.82. The monoisotopic (exact) mass is 275 g/mol. The average molecular weight is 275 g/mol. The molecule has 2 unspecified atom stereocenters. The van der Waals surface area contributed by atoms with Gasteiger partial charge in [0.15, 0.2) is 5.82 Å². The van der Waals surface area contributed by atoms with E-state index in [1.165, 1.54) is 23.6 Å². The van der Waals surface area contributed by atoms with E-state index in [1.807, 2.05) is 6.07 Å². The Bertz CT molecular complexity index is 639. The lowest BCUT2D eigenvalue weighted by molar-refractivity contribution is -0.391. The van der Waals surface area contributed by atoms with Crippen LogP contribution in [0.1, 0.15) is 32.6 Å². The van der Waals surface area contributed by atoms with Crippen LogP contribution in [-0.2, 0) is 0 Å². The number of aromatic nitrogens is 3. The molecule has 1 fully saturated rings. The van der Waals surface area contributed by atoms with E-state index in [0.29, 0.717) is 23.4 Å². The summed E-state index contributed by atoms with van der Waals surface area (Å²) in [6.07, 6.45) is 5.96. The molecule has 7 heteroatoms. The van der Waals surface area contributed by atoms with Gasteiger partial charge >= 0.3 is 5.82 Å². The van der Waals surface area contributed by atoms with Crippen LogP contribution in [0.2, 0.25) is 0 Å². The smallest absolute Gasteiger partial charge is 0.364 e. The Morgan fingerprint density at radius 2 is 2.30 bits per heavy atom. The van der Waals surface area contributed by atoms with Crippen LogP contribution >= 0.6 is 0 Å². The van der Waals surface area contributed by atoms with Crippen LogP contribution in [0, 0.1) is 16.0 Å². The maximum atomic E-state index is 10.9. The van der Waals surface area contributed by atoms with E-state index in [0.717, 1.165) is 12.8 Å². The molecule has 0 spiro atoms. The maximum absolute atomic E-state index is 10.9. The van der Waals surface area contributed by atoms with Crippen LogP contribution in [0.4, 0.5) is 11.6 Å². The van der Waals surface area contributed by atoms with Crippen molar-refractivity contribution in [2.24, 2.45) is 5.92 Å². The second kappa shape index (κ2) is 5.07. The maximum Gasteiger partial charge on any atom is 0.368 e. The number of nitrogens with zero attached hydrogens (tertiary/aromatic N) is 4. The van der Waals surface area contributed by atoms with Gasteiger partial charge in [-0.1, -0.05) is 29.4 Å². The van der Waals surface area contributed by atoms with Crippen molar-refractivity contribution in [2.45, 2.75) is 38.6 Å². The first-order valence-corrected chi connectivity index (χ1v) is 6.89. The Labute approximate surface area is 116 Å². The molecule has 0 aliphatic heterocycles. The predicted molar refractivity (Wildman–Crippen MR) is 74.7 cm³/mol. The summed E-state index contributed by atoms with van der Waals surface area (Å²) in [5.74, 6) is 1.27. The normalized spacial score (nSPS) is 22.9. The molecule has 0 bridgehead atoms. The molecule has 2 heterocycles. The fourth-order valence-corrected chi connectivity index (χ4v) is 2.84. The largest absolute Gasteiger partial charge is 0.368 e. The minimum Gasteiger partial charge on any atom is -0.364 e. The molecule has 1 N–H and O–H groups in total. The van der Waals surface area contributed by atoms with Crippen molar-refractivity contribution in [1.82, 2.24) is 14.6 Å². The van der Waals surface area contributed by atoms with Crippen molar-refractivity contribution in [1.29, 1.82) is 0 Å². The molecule has 0 saturated heterocycles. The molecule has 2 aromatic heterocycles. The van der Waals surface area contributed by atoms with E-state index in [1.54, 1.807) is 6.07 Å². The lowest BCUT2D eigenvalue weighted by Crippen LogP contribution is -2.26. The van der Waals surface area contributed by atoms with Crippen LogP contribution in [0.5, 0.6) is 0 Å². The number of nitrogens with one attached hydrogen (secondary N) is 1. The topological polar surface area (TPSA) is 85.4 Å². The molecule has 2 atom stereocenters. The van der Waals surface area contributed by atoms with Crippen molar-refractivity contribution in [3.63, 3.8) is 0 Å². The van der Waals surface area contributed by atoms with E-state index in [-0.39, 0.29) is 5.82 Å². The van der Waals surface area contributed by atoms with Gasteiger partial charge in [0, 0.05) is 12.1 Å². The molecule has 1 aliphatic rings. The van der Waals surface area contributed by atoms with Gasteiger partial charge in [-0.05, 0) is 29.7 Å². The van der Waals surface area contributed by atoms with Crippen molar-refractivity contribution in [2.75, 3.05) is 5.32 Å². The standard InChI is InChI=1S/C13H17N5O2/c1-9-3-2-4-10(7-9)15-11-5-6-12-14-8-13(18(19)20)17(12)16-11/h5-6,8-10H,2-4,7H2,1H3,(H,15,16). The molecule has 7 nitrogen and oxygen atoms in total. The van der Waals surface area contributed by atoms with Gasteiger partial charge in [-0.15, -0.1) is 0 Å². The van der Waals surface area contributed by atoms with E-state index < -0.39 is 4.92 Å². The summed E-state index contributed by atoms with van der Waals surface area (Å²) in [5, 5.41) is 18.6. The van der Waals surface area contributed by atoms with Gasteiger partial charge in [0.2, 0.25) is 5.65 Å². The Kier molecular flexibility index (Phi) is 3.25. The summed E-state index contributed by atoms with van der Waals surface area (Å²) >= 11 is 0. The molecule has 0 radical (unpaired) electrons. The number of hydrogen-bond acceptors (Lipinski definition) is 5. The van der Waals surface area contributed by atoms with Crippen molar-refractivity contribution >= 4 is 17.3 Å². The van der Waals surface area contributed by atoms with Gasteiger partial charge in [-0.2, -0.15) is 0 Å². The van der Waals surface area contributed by atoms with Crippen LogP contribution < -0.4 is 5.32 Å². The molecule has 20 heavy (non-hydrogen) atoms. The van der Waals surface area contributed by atoms with Gasteiger partial charge in [-0.25, -0.2) is 4.98 Å². The molecular weight excluding hydrogens is 258 g/mol. The van der Waals surface area contributed by atoms with Crippen molar-refractivity contribution in [3.05, 3.63) is 28.4 Å². The van der Waals surface area contributed by atoms with Gasteiger partial charge < -0.3 is 15.4 Å². The van der Waals surface area contributed by atoms with E-state index in [9.17, 15) is 10.1 Å². The molecule has 1 aliphatic carbocycles. The first-order valence-electron chi connectivity index (χ1n) is 6.89. The molecule has 0 amide bonds. The molecule has 1 saturated carbocycles. The molecule has 2 aromatic rings. The number of hydrogen-bond donors (Lipinski definition) is 1. The van der Waals surface area contributed by atoms with Gasteiger partial charge in [0.25, 0.3) is 0 Å². The quantitative estimate of drug-likeness (QED) is 0.687. The van der Waals surface area contributed by atoms with Crippen molar-refractivity contribution < 1.29 is 4.92 Å². The number of fused-ring (bicyclic) bond motifs is 1. The molecule has 0 aromatic carbocycles. The zero-order valence-corrected chi connectivity index (χ0v) is 11.3. The van der Waals surface area contributed by atoms with Crippen LogP contribution in [0.15, 0.2) is 18.3 Å². The van der Waals surface area contributed by atoms with Gasteiger partial charge in [0.05, 0.1) is 0 Å². The SMILES string of the molecule is CC1CCCC(Nc2ccc3ncc([N+](=O)[O-])n3n2)C1. The zero-order valence-electron chi connectivity index (χ0n) is 11.3. The summed E-state index contributed by atoms with van der Waals surface area (Å²) in [5.41, 5.74) is 0.485. The minimum absolute atomic E-state index is 0.110. The van der Waals surface area contributed by atoms with Gasteiger partial charge in [0.1, 0.15) is 6.20 Å². The lowest BCUT2D eigenvalue weighted by atomic mass is 9.87. The third-order valence-electron chi connectivity index (χ3n) is 3.82. The number of nitro groups is 1. The molecule has 106 valence electrons. The molecule has 3 rings (SSSR count). The fourth-order valence-electron chi connectivity index (χ4n) is 2.84. The molecular formula is C13H17N5O2. The first kappa shape index (κ1) is 12.8. The number of anilines is 1. The second-order valence-corrected chi connectivity index (χ2v) is 5.48. The van der Waals surface area contributed by atoms with Gasteiger partial charge in [-0.3, -0.25) is 0 Å². The van der Waals surface area contributed by atoms with E-state index in [2.05, 4.69) is 22.3 Å². The Morgan fingerprint density at radius 1 is 1.45 bits per heavy atom. The van der Waals surface area contributed by atoms with E-state index >= 15 is 0 Å². The second-order valence-electron chi connectivity index (χ2n) is 5.48. The highest BCUT2D eigenvalue weighted by Crippen LogP contribution is 2.26. The predicted octanol–water partition coefficient (Wildman–Crippen LogP) is 2.63. The lowest BCUT2D eigenvalue weighted by Gasteiger charge is -2.27. The Morgan fingerprint density at radius 3 is 3.05 bits per heavy atom. The highest BCUT2D eigenvalue weighted by atomic mass is 16.6. The summed E-state index contributed by atoms with van der Waals surface area (Å²) in [6, 6.07) is 3.96. The number of imidazole rings is 1. The number of rotatable bonds is 3. The van der Waals surface area contributed by atoms with Crippen molar-refractivity contribution in [3.8, 4) is 0 Å². The third kappa shape index (κ3) is 2.43. The highest BCUT2D eigenvalue weighted by molar-refractivity contribution is 5.48. The van der Waals surface area contributed by atoms with Crippen LogP contribution in [0.3, 0.4) is 0 Å². The minimum atomic E-state index is -0.473. The first-order chi connectivity index (χ1) is 9.63. The summed E-state index contributed by atoms with van der Waals surface area (Å²) in [7, 11) is 0. The summed E-state index contributed by atoms with van der Waals surface area (Å²) < 4.78 is 1.27. The van der Waals surface area contributed by atoms with Crippen LogP contribution in [-0.4, -0.2) is 25.6 Å². The Balaban J connectivity index is 1.84. The summed E-state index contributed by atoms with van der Waals surface area (Å²) in [4.78, 5) is 14.4. The highest BCUT2D eigenvalue weighted by Gasteiger charge is 2.21. The van der Waals surface area contributed by atoms with Crippen LogP contribution in [0.25, 0.3) is 5.65 Å². The van der Waals surface area contributed by atoms with E-state index in [4.69, 9.17) is 0 Å². The fraction of sp³-hybridized carbons (Fsp3) is 0.538.